The highest BCUT2D eigenvalue weighted by Gasteiger charge is 2.53. The minimum atomic E-state index is -1.29. The van der Waals surface area contributed by atoms with Crippen molar-refractivity contribution in [3.05, 3.63) is 59.4 Å². The zero-order chi connectivity index (χ0) is 30.4. The largest absolute Gasteiger partial charge is 0.481 e. The number of aromatic nitrogens is 1. The molecule has 3 unspecified atom stereocenters. The lowest BCUT2D eigenvalue weighted by molar-refractivity contribution is -0.156. The molecule has 0 aliphatic heterocycles. The van der Waals surface area contributed by atoms with Gasteiger partial charge >= 0.3 is 11.9 Å². The SMILES string of the molecule is CC(C)(C)NS(=O)C1C=CC(c2oc(C(=O)NC34CCC(C(=O)O)(CC3)CC4)nc2CC2CCCCC2)=C2C=CC=CC21. The number of nitrogens with zero attached hydrogens (tertiary/aromatic N) is 1. The molecule has 0 spiro atoms. The molecule has 3 N–H and O–H groups in total. The average molecular weight is 608 g/mol. The second-order valence-electron chi connectivity index (χ2n) is 14.4. The summed E-state index contributed by atoms with van der Waals surface area (Å²) in [7, 11) is -1.29. The molecule has 1 aromatic heterocycles. The molecule has 6 aliphatic carbocycles. The molecule has 3 atom stereocenters. The van der Waals surface area contributed by atoms with Crippen LogP contribution in [0.4, 0.5) is 0 Å². The van der Waals surface area contributed by atoms with Gasteiger partial charge in [-0.15, -0.1) is 0 Å². The zero-order valence-electron chi connectivity index (χ0n) is 25.6. The minimum absolute atomic E-state index is 0.0734. The monoisotopic (exact) mass is 607 g/mol. The normalized spacial score (nSPS) is 31.2. The molecule has 0 saturated heterocycles. The van der Waals surface area contributed by atoms with Crippen molar-refractivity contribution in [3.8, 4) is 0 Å². The maximum atomic E-state index is 13.7. The summed E-state index contributed by atoms with van der Waals surface area (Å²) in [4.78, 5) is 30.5. The van der Waals surface area contributed by atoms with Crippen LogP contribution in [0.2, 0.25) is 0 Å². The predicted octanol–water partition coefficient (Wildman–Crippen LogP) is 6.19. The molecule has 9 heteroatoms. The number of allylic oxidation sites excluding steroid dienone is 7. The van der Waals surface area contributed by atoms with Crippen molar-refractivity contribution in [1.29, 1.82) is 0 Å². The van der Waals surface area contributed by atoms with Crippen molar-refractivity contribution in [1.82, 2.24) is 15.0 Å². The maximum absolute atomic E-state index is 13.7. The Kier molecular flexibility index (Phi) is 8.18. The van der Waals surface area contributed by atoms with Crippen molar-refractivity contribution in [3.63, 3.8) is 0 Å². The lowest BCUT2D eigenvalue weighted by Gasteiger charge is -2.51. The van der Waals surface area contributed by atoms with Crippen molar-refractivity contribution in [2.24, 2.45) is 17.3 Å². The van der Waals surface area contributed by atoms with Crippen molar-refractivity contribution < 1.29 is 23.3 Å². The number of amides is 1. The molecule has 0 radical (unpaired) electrons. The van der Waals surface area contributed by atoms with E-state index < -0.39 is 27.9 Å². The fraction of sp³-hybridized carbons (Fsp3) is 0.618. The second kappa shape index (κ2) is 11.6. The number of carboxylic acid groups (broad SMARTS) is 1. The first-order chi connectivity index (χ1) is 20.5. The third kappa shape index (κ3) is 6.12. The van der Waals surface area contributed by atoms with Crippen LogP contribution in [0.5, 0.6) is 0 Å². The Hall–Kier alpha value is -2.78. The van der Waals surface area contributed by atoms with E-state index in [1.165, 1.54) is 19.3 Å². The highest BCUT2D eigenvalue weighted by atomic mass is 32.2. The zero-order valence-corrected chi connectivity index (χ0v) is 26.4. The van der Waals surface area contributed by atoms with E-state index in [-0.39, 0.29) is 28.5 Å². The highest BCUT2D eigenvalue weighted by molar-refractivity contribution is 7.83. The van der Waals surface area contributed by atoms with Gasteiger partial charge in [-0.05, 0) is 77.2 Å². The Morgan fingerprint density at radius 1 is 1.02 bits per heavy atom. The summed E-state index contributed by atoms with van der Waals surface area (Å²) >= 11 is 0. The number of carboxylic acids is 1. The van der Waals surface area contributed by atoms with E-state index in [1.807, 2.05) is 45.1 Å². The van der Waals surface area contributed by atoms with Gasteiger partial charge in [0, 0.05) is 22.6 Å². The number of rotatable bonds is 8. The van der Waals surface area contributed by atoms with Crippen LogP contribution < -0.4 is 10.0 Å². The maximum Gasteiger partial charge on any atom is 0.309 e. The van der Waals surface area contributed by atoms with Gasteiger partial charge in [-0.1, -0.05) is 68.6 Å². The Morgan fingerprint density at radius 3 is 2.37 bits per heavy atom. The highest BCUT2D eigenvalue weighted by Crippen LogP contribution is 2.52. The van der Waals surface area contributed by atoms with E-state index in [0.717, 1.165) is 36.1 Å². The number of aliphatic carboxylic acids is 1. The van der Waals surface area contributed by atoms with E-state index in [4.69, 9.17) is 9.40 Å². The van der Waals surface area contributed by atoms with E-state index in [1.54, 1.807) is 0 Å². The van der Waals surface area contributed by atoms with Crippen LogP contribution in [-0.4, -0.2) is 42.5 Å². The van der Waals surface area contributed by atoms with Crippen molar-refractivity contribution >= 4 is 28.4 Å². The molecule has 1 heterocycles. The smallest absolute Gasteiger partial charge is 0.309 e. The number of carbonyl (C=O) groups is 2. The lowest BCUT2D eigenvalue weighted by Crippen LogP contribution is -2.58. The van der Waals surface area contributed by atoms with Gasteiger partial charge in [0.25, 0.3) is 5.89 Å². The number of fused-ring (bicyclic) bond motifs is 4. The third-order valence-electron chi connectivity index (χ3n) is 10.3. The molecule has 4 saturated carbocycles. The summed E-state index contributed by atoms with van der Waals surface area (Å²) in [5, 5.41) is 12.8. The van der Waals surface area contributed by atoms with Gasteiger partial charge in [0.1, 0.15) is 11.0 Å². The third-order valence-corrected chi connectivity index (χ3v) is 12.0. The Balaban J connectivity index is 1.30. The number of carbonyl (C=O) groups excluding carboxylic acids is 1. The van der Waals surface area contributed by atoms with Crippen LogP contribution >= 0.6 is 0 Å². The predicted molar refractivity (Wildman–Crippen MR) is 167 cm³/mol. The topological polar surface area (TPSA) is 122 Å². The summed E-state index contributed by atoms with van der Waals surface area (Å²) in [5.74, 6) is 0.0784. The number of nitrogens with one attached hydrogen (secondary N) is 2. The van der Waals surface area contributed by atoms with Gasteiger partial charge in [-0.25, -0.2) is 13.9 Å². The summed E-state index contributed by atoms with van der Waals surface area (Å²) in [6.45, 7) is 6.03. The van der Waals surface area contributed by atoms with E-state index in [2.05, 4.69) is 22.2 Å². The molecule has 4 fully saturated rings. The average Bonchev–Trinajstić information content (AvgIpc) is 3.40. The van der Waals surface area contributed by atoms with E-state index >= 15 is 0 Å². The molecule has 1 aromatic rings. The molecule has 2 bridgehead atoms. The Labute approximate surface area is 257 Å². The van der Waals surface area contributed by atoms with Gasteiger partial charge < -0.3 is 14.8 Å². The minimum Gasteiger partial charge on any atom is -0.481 e. The molecule has 232 valence electrons. The Morgan fingerprint density at radius 2 is 1.72 bits per heavy atom. The van der Waals surface area contributed by atoms with E-state index in [9.17, 15) is 18.9 Å². The summed E-state index contributed by atoms with van der Waals surface area (Å²) in [6, 6.07) is 0. The van der Waals surface area contributed by atoms with Crippen LogP contribution in [0.15, 0.2) is 46.4 Å². The summed E-state index contributed by atoms with van der Waals surface area (Å²) < 4.78 is 23.0. The van der Waals surface area contributed by atoms with Crippen LogP contribution in [-0.2, 0) is 22.2 Å². The van der Waals surface area contributed by atoms with Crippen LogP contribution in [0, 0.1) is 17.3 Å². The van der Waals surface area contributed by atoms with Crippen LogP contribution in [0.1, 0.15) is 114 Å². The molecular formula is C34H45N3O5S. The fourth-order valence-corrected chi connectivity index (χ4v) is 9.22. The molecule has 7 rings (SSSR count). The van der Waals surface area contributed by atoms with Gasteiger partial charge in [0.05, 0.1) is 16.4 Å². The number of hydrogen-bond acceptors (Lipinski definition) is 5. The lowest BCUT2D eigenvalue weighted by atomic mass is 9.57. The number of oxazole rings is 1. The quantitative estimate of drug-likeness (QED) is 0.324. The number of hydrogen-bond donors (Lipinski definition) is 3. The van der Waals surface area contributed by atoms with Gasteiger partial charge in [-0.3, -0.25) is 9.59 Å². The first-order valence-electron chi connectivity index (χ1n) is 16.0. The van der Waals surface area contributed by atoms with Crippen LogP contribution in [0.3, 0.4) is 0 Å². The van der Waals surface area contributed by atoms with Gasteiger partial charge in [0.2, 0.25) is 0 Å². The summed E-state index contributed by atoms with van der Waals surface area (Å²) in [6.07, 6.45) is 22.6. The molecule has 1 amide bonds. The molecular weight excluding hydrogens is 562 g/mol. The van der Waals surface area contributed by atoms with Crippen molar-refractivity contribution in [2.45, 2.75) is 114 Å². The van der Waals surface area contributed by atoms with Crippen LogP contribution in [0.25, 0.3) is 5.57 Å². The molecule has 43 heavy (non-hydrogen) atoms. The van der Waals surface area contributed by atoms with E-state index in [0.29, 0.717) is 50.2 Å². The first-order valence-corrected chi connectivity index (χ1v) is 17.2. The van der Waals surface area contributed by atoms with Gasteiger partial charge in [0.15, 0.2) is 5.76 Å². The molecule has 6 aliphatic rings. The van der Waals surface area contributed by atoms with Crippen molar-refractivity contribution in [2.75, 3.05) is 0 Å². The summed E-state index contributed by atoms with van der Waals surface area (Å²) in [5.41, 5.74) is 1.40. The molecule has 8 nitrogen and oxygen atoms in total. The first kappa shape index (κ1) is 30.3. The molecule has 0 aromatic carbocycles. The van der Waals surface area contributed by atoms with Gasteiger partial charge in [-0.2, -0.15) is 0 Å². The standard InChI is InChI=1S/C34H45N3O5S/c1-32(2,3)37-43(41)27-14-13-25(23-11-7-8-12-24(23)27)28-26(21-22-9-5-4-6-10-22)35-30(42-28)29(38)36-34-18-15-33(16-19-34,17-20-34)31(39)40/h7-8,11-14,22,24,27,37H,4-6,9-10,15-21H2,1-3H3,(H,36,38)(H,39,40). The fourth-order valence-electron chi connectivity index (χ4n) is 7.75. The second-order valence-corrected chi connectivity index (χ2v) is 15.8. The Bertz CT molecular complexity index is 1400.